The van der Waals surface area contributed by atoms with Gasteiger partial charge in [-0.15, -0.1) is 11.3 Å². The van der Waals surface area contributed by atoms with E-state index in [2.05, 4.69) is 26.3 Å². The summed E-state index contributed by atoms with van der Waals surface area (Å²) in [6, 6.07) is 8.30. The fourth-order valence-corrected chi connectivity index (χ4v) is 7.65. The number of benzene rings is 1. The molecule has 4 aromatic rings. The highest BCUT2D eigenvalue weighted by molar-refractivity contribution is 8.01. The predicted molar refractivity (Wildman–Crippen MR) is 138 cm³/mol. The average Bonchev–Trinajstić information content (AvgIpc) is 3.56. The summed E-state index contributed by atoms with van der Waals surface area (Å²) in [4.78, 5) is 18.0. The summed E-state index contributed by atoms with van der Waals surface area (Å²) in [7, 11) is 0. The number of anilines is 1. The van der Waals surface area contributed by atoms with Crippen LogP contribution in [0.2, 0.25) is 5.28 Å². The molecule has 0 bridgehead atoms. The highest BCUT2D eigenvalue weighted by Gasteiger charge is 2.44. The number of hydrogen-bond donors (Lipinski definition) is 4. The molecule has 190 valence electrons. The fourth-order valence-electron chi connectivity index (χ4n) is 4.90. The third kappa shape index (κ3) is 4.44. The van der Waals surface area contributed by atoms with Gasteiger partial charge in [-0.25, -0.2) is 9.97 Å². The van der Waals surface area contributed by atoms with Gasteiger partial charge in [-0.05, 0) is 36.6 Å². The van der Waals surface area contributed by atoms with Gasteiger partial charge < -0.3 is 25.4 Å². The number of imidazole rings is 1. The van der Waals surface area contributed by atoms with E-state index in [9.17, 15) is 15.3 Å². The van der Waals surface area contributed by atoms with E-state index in [1.807, 2.05) is 18.2 Å². The quantitative estimate of drug-likeness (QED) is 0.266. The first-order valence-electron chi connectivity index (χ1n) is 11.8. The van der Waals surface area contributed by atoms with E-state index in [0.717, 1.165) is 35.5 Å². The number of thioether (sulfide) groups is 1. The molecule has 36 heavy (non-hydrogen) atoms. The monoisotopic (exact) mass is 548 g/mol. The number of thiazole rings is 1. The normalized spacial score (nSPS) is 28.8. The summed E-state index contributed by atoms with van der Waals surface area (Å²) < 4.78 is 9.42. The third-order valence-corrected chi connectivity index (χ3v) is 9.44. The van der Waals surface area contributed by atoms with E-state index in [0.29, 0.717) is 22.2 Å². The Bertz CT molecular complexity index is 1350. The molecular formula is C23H25ClN6O4S2. The SMILES string of the molecule is OC[C@H]1O[C@H](n2cnc3c(N[C@@H]4CCCC[C@H]4Sc4nc5ccccc5s4)nc(Cl)nc32)[C@H](O)[C@@H]1O. The van der Waals surface area contributed by atoms with Crippen molar-refractivity contribution in [2.45, 2.75) is 65.9 Å². The fraction of sp³-hybridized carbons (Fsp3) is 0.478. The van der Waals surface area contributed by atoms with Crippen LogP contribution in [0.15, 0.2) is 34.9 Å². The second-order valence-electron chi connectivity index (χ2n) is 9.03. The standard InChI is InChI=1S/C23H25ClN6O4S2/c24-22-28-19(16-20(29-22)30(10-25-16)21-18(33)17(32)13(9-31)34-21)26-11-5-1-3-7-14(11)35-23-27-12-6-2-4-8-15(12)36-23/h2,4,6,8,10-11,13-14,17-18,21,31-33H,1,3,5,7,9H2,(H,26,28,29)/t11-,13-,14-,17-,18-,21+/m1/s1. The van der Waals surface area contributed by atoms with Crippen molar-refractivity contribution in [2.75, 3.05) is 11.9 Å². The lowest BCUT2D eigenvalue weighted by atomic mass is 9.95. The van der Waals surface area contributed by atoms with Gasteiger partial charge in [0, 0.05) is 11.3 Å². The molecule has 1 aliphatic carbocycles. The summed E-state index contributed by atoms with van der Waals surface area (Å²) >= 11 is 9.80. The number of aromatic nitrogens is 5. The highest BCUT2D eigenvalue weighted by atomic mass is 35.5. The Morgan fingerprint density at radius 2 is 1.97 bits per heavy atom. The van der Waals surface area contributed by atoms with Crippen LogP contribution < -0.4 is 5.32 Å². The first-order chi connectivity index (χ1) is 17.5. The summed E-state index contributed by atoms with van der Waals surface area (Å²) in [5.74, 6) is 0.511. The van der Waals surface area contributed by atoms with Crippen molar-refractivity contribution in [1.82, 2.24) is 24.5 Å². The van der Waals surface area contributed by atoms with Crippen LogP contribution in [0, 0.1) is 0 Å². The number of halogens is 1. The smallest absolute Gasteiger partial charge is 0.226 e. The molecule has 3 aromatic heterocycles. The van der Waals surface area contributed by atoms with Crippen LogP contribution in [0.1, 0.15) is 31.9 Å². The van der Waals surface area contributed by atoms with Gasteiger partial charge in [0.1, 0.15) is 18.3 Å². The van der Waals surface area contributed by atoms with Crippen LogP contribution in [0.5, 0.6) is 0 Å². The predicted octanol–water partition coefficient (Wildman–Crippen LogP) is 3.22. The van der Waals surface area contributed by atoms with E-state index in [1.165, 1.54) is 15.6 Å². The molecule has 6 atom stereocenters. The summed E-state index contributed by atoms with van der Waals surface area (Å²) in [6.07, 6.45) is 1.42. The van der Waals surface area contributed by atoms with Gasteiger partial charge in [-0.2, -0.15) is 9.97 Å². The minimum Gasteiger partial charge on any atom is -0.394 e. The van der Waals surface area contributed by atoms with Crippen LogP contribution in [-0.2, 0) is 4.74 Å². The molecule has 1 aliphatic heterocycles. The molecule has 0 spiro atoms. The molecule has 0 radical (unpaired) electrons. The van der Waals surface area contributed by atoms with Gasteiger partial charge in [0.2, 0.25) is 5.28 Å². The van der Waals surface area contributed by atoms with Crippen molar-refractivity contribution >= 4 is 61.9 Å². The molecule has 0 unspecified atom stereocenters. The van der Waals surface area contributed by atoms with Gasteiger partial charge in [0.25, 0.3) is 0 Å². The lowest BCUT2D eigenvalue weighted by Gasteiger charge is -2.31. The average molecular weight is 549 g/mol. The number of hydrogen-bond acceptors (Lipinski definition) is 11. The molecule has 1 saturated heterocycles. The Balaban J connectivity index is 1.27. The van der Waals surface area contributed by atoms with Gasteiger partial charge in [-0.3, -0.25) is 4.57 Å². The third-order valence-electron chi connectivity index (χ3n) is 6.74. The number of nitrogens with zero attached hydrogens (tertiary/aromatic N) is 5. The molecule has 4 heterocycles. The molecule has 10 nitrogen and oxygen atoms in total. The zero-order valence-electron chi connectivity index (χ0n) is 19.1. The van der Waals surface area contributed by atoms with Crippen LogP contribution >= 0.6 is 34.7 Å². The van der Waals surface area contributed by atoms with Crippen LogP contribution in [0.3, 0.4) is 0 Å². The Kier molecular flexibility index (Phi) is 6.75. The molecule has 1 saturated carbocycles. The Labute approximate surface area is 219 Å². The van der Waals surface area contributed by atoms with E-state index >= 15 is 0 Å². The summed E-state index contributed by atoms with van der Waals surface area (Å²) in [5, 5.41) is 34.0. The first kappa shape index (κ1) is 24.3. The van der Waals surface area contributed by atoms with Crippen LogP contribution in [0.4, 0.5) is 5.82 Å². The van der Waals surface area contributed by atoms with E-state index in [1.54, 1.807) is 23.1 Å². The lowest BCUT2D eigenvalue weighted by Crippen LogP contribution is -2.34. The van der Waals surface area contributed by atoms with Gasteiger partial charge in [-0.1, -0.05) is 36.7 Å². The van der Waals surface area contributed by atoms with E-state index in [-0.39, 0.29) is 11.3 Å². The number of para-hydroxylation sites is 1. The molecule has 0 amide bonds. The minimum absolute atomic E-state index is 0.0321. The number of aliphatic hydroxyl groups excluding tert-OH is 3. The maximum atomic E-state index is 10.5. The molecule has 2 aliphatic rings. The zero-order valence-corrected chi connectivity index (χ0v) is 21.5. The molecule has 2 fully saturated rings. The number of rotatable bonds is 6. The number of nitrogens with one attached hydrogen (secondary N) is 1. The zero-order chi connectivity index (χ0) is 24.8. The Morgan fingerprint density at radius 3 is 2.78 bits per heavy atom. The number of aliphatic hydroxyl groups is 3. The highest BCUT2D eigenvalue weighted by Crippen LogP contribution is 2.39. The van der Waals surface area contributed by atoms with Gasteiger partial charge in [0.15, 0.2) is 27.5 Å². The molecule has 4 N–H and O–H groups in total. The Hall–Kier alpha value is -2.06. The summed E-state index contributed by atoms with van der Waals surface area (Å²) in [6.45, 7) is -0.417. The van der Waals surface area contributed by atoms with Crippen molar-refractivity contribution in [3.8, 4) is 0 Å². The molecule has 6 rings (SSSR count). The topological polar surface area (TPSA) is 138 Å². The number of ether oxygens (including phenoxy) is 1. The molecule has 13 heteroatoms. The summed E-state index contributed by atoms with van der Waals surface area (Å²) in [5.41, 5.74) is 1.88. The van der Waals surface area contributed by atoms with Crippen LogP contribution in [0.25, 0.3) is 21.4 Å². The van der Waals surface area contributed by atoms with E-state index < -0.39 is 31.1 Å². The van der Waals surface area contributed by atoms with Gasteiger partial charge >= 0.3 is 0 Å². The van der Waals surface area contributed by atoms with Crippen molar-refractivity contribution in [1.29, 1.82) is 0 Å². The van der Waals surface area contributed by atoms with Crippen molar-refractivity contribution in [3.05, 3.63) is 35.9 Å². The number of fused-ring (bicyclic) bond motifs is 2. The van der Waals surface area contributed by atoms with Gasteiger partial charge in [0.05, 0.1) is 23.2 Å². The van der Waals surface area contributed by atoms with Crippen molar-refractivity contribution in [2.24, 2.45) is 0 Å². The maximum absolute atomic E-state index is 10.5. The van der Waals surface area contributed by atoms with Crippen molar-refractivity contribution < 1.29 is 20.1 Å². The first-order valence-corrected chi connectivity index (χ1v) is 13.9. The molecular weight excluding hydrogens is 524 g/mol. The van der Waals surface area contributed by atoms with E-state index in [4.69, 9.17) is 21.3 Å². The minimum atomic E-state index is -1.25. The van der Waals surface area contributed by atoms with Crippen LogP contribution in [-0.4, -0.2) is 76.0 Å². The Morgan fingerprint density at radius 1 is 1.14 bits per heavy atom. The maximum Gasteiger partial charge on any atom is 0.226 e. The largest absolute Gasteiger partial charge is 0.394 e. The second-order valence-corrected chi connectivity index (χ2v) is 11.9. The molecule has 1 aromatic carbocycles. The second kappa shape index (κ2) is 10.0. The van der Waals surface area contributed by atoms with Crippen molar-refractivity contribution in [3.63, 3.8) is 0 Å². The lowest BCUT2D eigenvalue weighted by molar-refractivity contribution is -0.0511.